The quantitative estimate of drug-likeness (QED) is 0.870. The molecule has 9 heteroatoms. The van der Waals surface area contributed by atoms with Gasteiger partial charge in [-0.25, -0.2) is 5.43 Å². The Balaban J connectivity index is 1.94. The van der Waals surface area contributed by atoms with Gasteiger partial charge < -0.3 is 0 Å². The molecule has 2 heterocycles. The Morgan fingerprint density at radius 2 is 2.09 bits per heavy atom. The molecule has 2 aromatic heterocycles. The van der Waals surface area contributed by atoms with Crippen LogP contribution in [0.3, 0.4) is 0 Å². The standard InChI is InChI=1S/C13H12F3N5O/c1-21(12(22)11-3-2-6-18-20-11)19-8-10-5-4-9(7-17-10)13(14,15)16/h2-7,19H,8H2,1H3. The average molecular weight is 311 g/mol. The summed E-state index contributed by atoms with van der Waals surface area (Å²) in [5, 5.41) is 8.44. The fraction of sp³-hybridized carbons (Fsp3) is 0.231. The molecule has 0 aliphatic heterocycles. The molecule has 0 unspecified atom stereocenters. The Labute approximate surface area is 124 Å². The zero-order valence-corrected chi connectivity index (χ0v) is 11.5. The lowest BCUT2D eigenvalue weighted by Gasteiger charge is -2.17. The number of nitrogens with one attached hydrogen (secondary N) is 1. The van der Waals surface area contributed by atoms with Crippen molar-refractivity contribution in [3.8, 4) is 0 Å². The summed E-state index contributed by atoms with van der Waals surface area (Å²) in [4.78, 5) is 15.6. The third-order valence-corrected chi connectivity index (χ3v) is 2.75. The van der Waals surface area contributed by atoms with Crippen LogP contribution in [0.5, 0.6) is 0 Å². The van der Waals surface area contributed by atoms with E-state index in [1.165, 1.54) is 30.4 Å². The Morgan fingerprint density at radius 1 is 1.32 bits per heavy atom. The zero-order valence-electron chi connectivity index (χ0n) is 11.5. The lowest BCUT2D eigenvalue weighted by atomic mass is 10.2. The first kappa shape index (κ1) is 15.8. The van der Waals surface area contributed by atoms with Crippen LogP contribution in [-0.2, 0) is 12.7 Å². The molecule has 2 aromatic rings. The number of halogens is 3. The molecule has 1 N–H and O–H groups in total. The summed E-state index contributed by atoms with van der Waals surface area (Å²) in [6, 6.07) is 5.26. The minimum Gasteiger partial charge on any atom is -0.275 e. The smallest absolute Gasteiger partial charge is 0.275 e. The van der Waals surface area contributed by atoms with Crippen molar-refractivity contribution in [3.63, 3.8) is 0 Å². The van der Waals surface area contributed by atoms with Crippen LogP contribution >= 0.6 is 0 Å². The Morgan fingerprint density at radius 3 is 2.64 bits per heavy atom. The van der Waals surface area contributed by atoms with Crippen LogP contribution in [0.2, 0.25) is 0 Å². The van der Waals surface area contributed by atoms with Gasteiger partial charge >= 0.3 is 6.18 Å². The summed E-state index contributed by atoms with van der Waals surface area (Å²) in [6.07, 6.45) is -2.23. The van der Waals surface area contributed by atoms with Gasteiger partial charge in [0.2, 0.25) is 0 Å². The molecule has 0 saturated carbocycles. The fourth-order valence-electron chi connectivity index (χ4n) is 1.56. The van der Waals surface area contributed by atoms with E-state index in [0.717, 1.165) is 12.3 Å². The van der Waals surface area contributed by atoms with Gasteiger partial charge in [-0.1, -0.05) is 0 Å². The van der Waals surface area contributed by atoms with Crippen molar-refractivity contribution in [3.05, 3.63) is 53.6 Å². The van der Waals surface area contributed by atoms with Crippen LogP contribution in [0.4, 0.5) is 13.2 Å². The highest BCUT2D eigenvalue weighted by Crippen LogP contribution is 2.28. The molecule has 0 atom stereocenters. The number of nitrogens with zero attached hydrogens (tertiary/aromatic N) is 4. The minimum atomic E-state index is -4.42. The number of hydrogen-bond acceptors (Lipinski definition) is 5. The molecule has 0 bridgehead atoms. The van der Waals surface area contributed by atoms with Crippen molar-refractivity contribution >= 4 is 5.91 Å². The molecule has 0 radical (unpaired) electrons. The van der Waals surface area contributed by atoms with Crippen LogP contribution in [0.25, 0.3) is 0 Å². The summed E-state index contributed by atoms with van der Waals surface area (Å²) in [5.74, 6) is -0.417. The summed E-state index contributed by atoms with van der Waals surface area (Å²) in [6.45, 7) is 0.0979. The molecule has 0 aliphatic rings. The van der Waals surface area contributed by atoms with Crippen LogP contribution in [0, 0.1) is 0 Å². The summed E-state index contributed by atoms with van der Waals surface area (Å²) < 4.78 is 37.2. The Bertz CT molecular complexity index is 630. The summed E-state index contributed by atoms with van der Waals surface area (Å²) in [7, 11) is 1.47. The van der Waals surface area contributed by atoms with E-state index in [-0.39, 0.29) is 12.2 Å². The molecular weight excluding hydrogens is 299 g/mol. The van der Waals surface area contributed by atoms with Gasteiger partial charge in [0.05, 0.1) is 17.8 Å². The summed E-state index contributed by atoms with van der Waals surface area (Å²) >= 11 is 0. The number of pyridine rings is 1. The molecule has 0 aromatic carbocycles. The van der Waals surface area contributed by atoms with Crippen molar-refractivity contribution in [2.24, 2.45) is 0 Å². The van der Waals surface area contributed by atoms with Crippen LogP contribution in [-0.4, -0.2) is 33.1 Å². The lowest BCUT2D eigenvalue weighted by Crippen LogP contribution is -2.39. The molecule has 0 spiro atoms. The fourth-order valence-corrected chi connectivity index (χ4v) is 1.56. The predicted molar refractivity (Wildman–Crippen MR) is 70.2 cm³/mol. The largest absolute Gasteiger partial charge is 0.417 e. The molecule has 0 fully saturated rings. The number of hydrogen-bond donors (Lipinski definition) is 1. The summed E-state index contributed by atoms with van der Waals surface area (Å²) in [5.41, 5.74) is 2.43. The Hall–Kier alpha value is -2.55. The van der Waals surface area contributed by atoms with Crippen molar-refractivity contribution in [2.45, 2.75) is 12.7 Å². The highest BCUT2D eigenvalue weighted by atomic mass is 19.4. The third-order valence-electron chi connectivity index (χ3n) is 2.75. The molecule has 22 heavy (non-hydrogen) atoms. The number of alkyl halides is 3. The highest BCUT2D eigenvalue weighted by Gasteiger charge is 2.30. The van der Waals surface area contributed by atoms with Gasteiger partial charge in [-0.3, -0.25) is 14.8 Å². The van der Waals surface area contributed by atoms with E-state index in [2.05, 4.69) is 20.6 Å². The molecule has 0 aliphatic carbocycles. The minimum absolute atomic E-state index is 0.0979. The van der Waals surface area contributed by atoms with Gasteiger partial charge in [-0.05, 0) is 24.3 Å². The van der Waals surface area contributed by atoms with Crippen molar-refractivity contribution in [2.75, 3.05) is 7.05 Å². The maximum Gasteiger partial charge on any atom is 0.417 e. The normalized spacial score (nSPS) is 11.3. The molecule has 2 rings (SSSR count). The van der Waals surface area contributed by atoms with Gasteiger partial charge in [-0.2, -0.15) is 18.3 Å². The first-order valence-corrected chi connectivity index (χ1v) is 6.19. The number of amides is 1. The second kappa shape index (κ2) is 6.48. The van der Waals surface area contributed by atoms with E-state index in [1.54, 1.807) is 6.07 Å². The van der Waals surface area contributed by atoms with Gasteiger partial charge in [-0.15, -0.1) is 5.10 Å². The second-order valence-corrected chi connectivity index (χ2v) is 4.34. The van der Waals surface area contributed by atoms with E-state index in [4.69, 9.17) is 0 Å². The number of rotatable bonds is 4. The topological polar surface area (TPSA) is 71.0 Å². The lowest BCUT2D eigenvalue weighted by molar-refractivity contribution is -0.137. The van der Waals surface area contributed by atoms with Gasteiger partial charge in [0.25, 0.3) is 5.91 Å². The maximum atomic E-state index is 12.4. The van der Waals surface area contributed by atoms with Crippen LogP contribution < -0.4 is 5.43 Å². The number of aromatic nitrogens is 3. The molecule has 0 saturated heterocycles. The van der Waals surface area contributed by atoms with Crippen molar-refractivity contribution < 1.29 is 18.0 Å². The van der Waals surface area contributed by atoms with E-state index < -0.39 is 17.6 Å². The van der Waals surface area contributed by atoms with E-state index in [9.17, 15) is 18.0 Å². The number of carbonyl (C=O) groups excluding carboxylic acids is 1. The maximum absolute atomic E-state index is 12.4. The van der Waals surface area contributed by atoms with Crippen molar-refractivity contribution in [1.82, 2.24) is 25.6 Å². The van der Waals surface area contributed by atoms with Crippen LogP contribution in [0.15, 0.2) is 36.7 Å². The Kier molecular flexibility index (Phi) is 4.66. The molecule has 116 valence electrons. The number of carbonyl (C=O) groups is 1. The second-order valence-electron chi connectivity index (χ2n) is 4.34. The van der Waals surface area contributed by atoms with E-state index in [0.29, 0.717) is 5.69 Å². The van der Waals surface area contributed by atoms with Crippen LogP contribution in [0.1, 0.15) is 21.7 Å². The number of hydrazine groups is 1. The van der Waals surface area contributed by atoms with E-state index in [1.807, 2.05) is 0 Å². The van der Waals surface area contributed by atoms with Gasteiger partial charge in [0, 0.05) is 19.4 Å². The van der Waals surface area contributed by atoms with Crippen molar-refractivity contribution in [1.29, 1.82) is 0 Å². The molecular formula is C13H12F3N5O. The molecule has 6 nitrogen and oxygen atoms in total. The third kappa shape index (κ3) is 3.98. The molecule has 1 amide bonds. The average Bonchev–Trinajstić information content (AvgIpc) is 2.52. The van der Waals surface area contributed by atoms with Gasteiger partial charge in [0.15, 0.2) is 5.69 Å². The predicted octanol–water partition coefficient (Wildman–Crippen LogP) is 1.67. The first-order valence-electron chi connectivity index (χ1n) is 6.19. The first-order chi connectivity index (χ1) is 10.4. The SMILES string of the molecule is CN(NCc1ccc(C(F)(F)F)cn1)C(=O)c1cccnn1. The monoisotopic (exact) mass is 311 g/mol. The van der Waals surface area contributed by atoms with Gasteiger partial charge in [0.1, 0.15) is 0 Å². The zero-order chi connectivity index (χ0) is 16.2. The van der Waals surface area contributed by atoms with E-state index >= 15 is 0 Å². The highest BCUT2D eigenvalue weighted by molar-refractivity contribution is 5.91.